The van der Waals surface area contributed by atoms with Crippen LogP contribution in [0.5, 0.6) is 17.4 Å². The van der Waals surface area contributed by atoms with Crippen LogP contribution >= 0.6 is 11.8 Å². The Bertz CT molecular complexity index is 885. The van der Waals surface area contributed by atoms with Crippen molar-refractivity contribution >= 4 is 23.4 Å². The van der Waals surface area contributed by atoms with Gasteiger partial charge in [0.25, 0.3) is 5.56 Å². The maximum Gasteiger partial charge on any atom is 0.258 e. The predicted octanol–water partition coefficient (Wildman–Crippen LogP) is 1.10. The van der Waals surface area contributed by atoms with E-state index in [0.29, 0.717) is 37.0 Å². The number of nitrogens with zero attached hydrogens (tertiary/aromatic N) is 2. The molecule has 0 radical (unpaired) electrons. The molecular formula is C17H19N3O6S. The molecule has 2 N–H and O–H groups in total. The van der Waals surface area contributed by atoms with Gasteiger partial charge in [0.2, 0.25) is 11.8 Å². The number of amides is 1. The molecule has 2 heterocycles. The van der Waals surface area contributed by atoms with Crippen LogP contribution in [-0.2, 0) is 16.1 Å². The zero-order chi connectivity index (χ0) is 19.2. The molecule has 144 valence electrons. The average Bonchev–Trinajstić information content (AvgIpc) is 2.65. The van der Waals surface area contributed by atoms with Crippen LogP contribution in [0.4, 0.5) is 5.69 Å². The molecule has 1 amide bonds. The minimum atomic E-state index is -0.408. The number of thioether (sulfide) groups is 1. The van der Waals surface area contributed by atoms with Gasteiger partial charge in [-0.1, -0.05) is 11.8 Å². The minimum absolute atomic E-state index is 0.0112. The monoisotopic (exact) mass is 393 g/mol. The lowest BCUT2D eigenvalue weighted by atomic mass is 10.2. The lowest BCUT2D eigenvalue weighted by Crippen LogP contribution is -2.24. The summed E-state index contributed by atoms with van der Waals surface area (Å²) in [6, 6.07) is 6.17. The van der Waals surface area contributed by atoms with Crippen molar-refractivity contribution in [3.05, 3.63) is 34.6 Å². The van der Waals surface area contributed by atoms with Crippen molar-refractivity contribution in [1.29, 1.82) is 0 Å². The molecule has 9 nitrogen and oxygen atoms in total. The molecule has 1 aromatic carbocycles. The lowest BCUT2D eigenvalue weighted by molar-refractivity contribution is -0.113. The molecule has 0 saturated heterocycles. The fourth-order valence-electron chi connectivity index (χ4n) is 2.42. The molecule has 3 rings (SSSR count). The summed E-state index contributed by atoms with van der Waals surface area (Å²) in [5.74, 6) is 0.558. The Balaban J connectivity index is 1.64. The zero-order valence-electron chi connectivity index (χ0n) is 14.6. The highest BCUT2D eigenvalue weighted by atomic mass is 32.2. The van der Waals surface area contributed by atoms with Crippen molar-refractivity contribution in [2.45, 2.75) is 11.7 Å². The number of nitrogens with one attached hydrogen (secondary N) is 1. The molecule has 0 aliphatic carbocycles. The molecule has 1 aromatic heterocycles. The fraction of sp³-hybridized carbons (Fsp3) is 0.353. The number of methoxy groups -OCH3 is 1. The standard InChI is InChI=1S/C17H19N3O6S/c1-24-5-4-20-16(23)9-14(21)19-17(20)27-10-15(22)18-11-2-3-12-13(8-11)26-7-6-25-12/h2-3,8-9,21H,4-7,10H2,1H3,(H,18,22). The van der Waals surface area contributed by atoms with Gasteiger partial charge >= 0.3 is 0 Å². The highest BCUT2D eigenvalue weighted by Gasteiger charge is 2.14. The normalized spacial score (nSPS) is 12.6. The van der Waals surface area contributed by atoms with Gasteiger partial charge in [-0.2, -0.15) is 4.98 Å². The van der Waals surface area contributed by atoms with Crippen LogP contribution in [0.15, 0.2) is 34.2 Å². The molecule has 1 aliphatic heterocycles. The van der Waals surface area contributed by atoms with Gasteiger partial charge in [-0.3, -0.25) is 14.2 Å². The first-order chi connectivity index (χ1) is 13.1. The van der Waals surface area contributed by atoms with Gasteiger partial charge in [0.1, 0.15) is 13.2 Å². The number of carbonyl (C=O) groups is 1. The Morgan fingerprint density at radius 3 is 2.89 bits per heavy atom. The minimum Gasteiger partial charge on any atom is -0.493 e. The smallest absolute Gasteiger partial charge is 0.258 e. The van der Waals surface area contributed by atoms with Gasteiger partial charge in [0, 0.05) is 18.9 Å². The average molecular weight is 393 g/mol. The van der Waals surface area contributed by atoms with Crippen molar-refractivity contribution < 1.29 is 24.1 Å². The third-order valence-electron chi connectivity index (χ3n) is 3.64. The molecule has 1 aliphatic rings. The molecule has 0 fully saturated rings. The lowest BCUT2D eigenvalue weighted by Gasteiger charge is -2.19. The van der Waals surface area contributed by atoms with Crippen LogP contribution in [0.2, 0.25) is 0 Å². The molecule has 27 heavy (non-hydrogen) atoms. The number of ether oxygens (including phenoxy) is 3. The Morgan fingerprint density at radius 2 is 2.11 bits per heavy atom. The number of aromatic hydroxyl groups is 1. The summed E-state index contributed by atoms with van der Waals surface area (Å²) >= 11 is 1.05. The second-order valence-corrected chi connectivity index (χ2v) is 6.52. The Hall–Kier alpha value is -2.72. The maximum atomic E-state index is 12.2. The highest BCUT2D eigenvalue weighted by molar-refractivity contribution is 7.99. The van der Waals surface area contributed by atoms with Crippen LogP contribution in [0, 0.1) is 0 Å². The van der Waals surface area contributed by atoms with Crippen LogP contribution in [0.3, 0.4) is 0 Å². The van der Waals surface area contributed by atoms with E-state index in [1.807, 2.05) is 0 Å². The number of anilines is 1. The van der Waals surface area contributed by atoms with Gasteiger partial charge in [-0.05, 0) is 12.1 Å². The fourth-order valence-corrected chi connectivity index (χ4v) is 3.25. The van der Waals surface area contributed by atoms with Crippen molar-refractivity contribution in [3.8, 4) is 17.4 Å². The van der Waals surface area contributed by atoms with Gasteiger partial charge in [-0.25, -0.2) is 0 Å². The first-order valence-electron chi connectivity index (χ1n) is 8.19. The highest BCUT2D eigenvalue weighted by Crippen LogP contribution is 2.32. The van der Waals surface area contributed by atoms with E-state index in [9.17, 15) is 14.7 Å². The van der Waals surface area contributed by atoms with Crippen LogP contribution in [0.25, 0.3) is 0 Å². The maximum absolute atomic E-state index is 12.2. The summed E-state index contributed by atoms with van der Waals surface area (Å²) < 4.78 is 17.3. The summed E-state index contributed by atoms with van der Waals surface area (Å²) in [5.41, 5.74) is 0.166. The van der Waals surface area contributed by atoms with Crippen molar-refractivity contribution in [1.82, 2.24) is 9.55 Å². The molecule has 0 spiro atoms. The van der Waals surface area contributed by atoms with Crippen molar-refractivity contribution in [2.24, 2.45) is 0 Å². The third kappa shape index (κ3) is 4.92. The summed E-state index contributed by atoms with van der Waals surface area (Å²) in [5, 5.41) is 12.6. The molecule has 0 bridgehead atoms. The number of benzene rings is 1. The van der Waals surface area contributed by atoms with Gasteiger partial charge in [0.05, 0.1) is 25.0 Å². The SMILES string of the molecule is COCCn1c(SCC(=O)Nc2ccc3c(c2)OCCO3)nc(O)cc1=O. The first-order valence-corrected chi connectivity index (χ1v) is 9.17. The molecule has 10 heteroatoms. The molecule has 0 atom stereocenters. The molecular weight excluding hydrogens is 374 g/mol. The summed E-state index contributed by atoms with van der Waals surface area (Å²) in [7, 11) is 1.52. The van der Waals surface area contributed by atoms with Crippen molar-refractivity contribution in [2.75, 3.05) is 38.0 Å². The Morgan fingerprint density at radius 1 is 1.33 bits per heavy atom. The molecule has 0 unspecified atom stereocenters. The van der Waals surface area contributed by atoms with E-state index in [4.69, 9.17) is 14.2 Å². The quantitative estimate of drug-likeness (QED) is 0.531. The van der Waals surface area contributed by atoms with E-state index in [0.717, 1.165) is 17.8 Å². The largest absolute Gasteiger partial charge is 0.493 e. The summed E-state index contributed by atoms with van der Waals surface area (Å²) in [6.07, 6.45) is 0. The zero-order valence-corrected chi connectivity index (χ0v) is 15.5. The van der Waals surface area contributed by atoms with Gasteiger partial charge < -0.3 is 24.6 Å². The topological polar surface area (TPSA) is 112 Å². The van der Waals surface area contributed by atoms with Gasteiger partial charge in [0.15, 0.2) is 16.7 Å². The number of fused-ring (bicyclic) bond motifs is 1. The number of aromatic nitrogens is 2. The van der Waals surface area contributed by atoms with E-state index in [1.165, 1.54) is 11.7 Å². The number of hydrogen-bond donors (Lipinski definition) is 2. The van der Waals surface area contributed by atoms with Crippen LogP contribution in [0.1, 0.15) is 0 Å². The van der Waals surface area contributed by atoms with E-state index in [1.54, 1.807) is 18.2 Å². The van der Waals surface area contributed by atoms with E-state index < -0.39 is 5.56 Å². The van der Waals surface area contributed by atoms with Crippen molar-refractivity contribution in [3.63, 3.8) is 0 Å². The van der Waals surface area contributed by atoms with Gasteiger partial charge in [-0.15, -0.1) is 0 Å². The van der Waals surface area contributed by atoms with E-state index >= 15 is 0 Å². The number of hydrogen-bond acceptors (Lipinski definition) is 8. The third-order valence-corrected chi connectivity index (χ3v) is 4.61. The summed E-state index contributed by atoms with van der Waals surface area (Å²) in [4.78, 5) is 28.2. The second-order valence-electron chi connectivity index (χ2n) is 5.57. The number of rotatable bonds is 7. The summed E-state index contributed by atoms with van der Waals surface area (Å²) in [6.45, 7) is 1.54. The molecule has 0 saturated carbocycles. The Labute approximate surface area is 159 Å². The van der Waals surface area contributed by atoms with Crippen LogP contribution in [-0.4, -0.2) is 53.2 Å². The van der Waals surface area contributed by atoms with E-state index in [2.05, 4.69) is 10.3 Å². The number of carbonyl (C=O) groups excluding carboxylic acids is 1. The second kappa shape index (κ2) is 8.78. The Kier molecular flexibility index (Phi) is 6.20. The molecule has 2 aromatic rings. The van der Waals surface area contributed by atoms with E-state index in [-0.39, 0.29) is 29.2 Å². The predicted molar refractivity (Wildman–Crippen MR) is 98.8 cm³/mol. The first kappa shape index (κ1) is 19.1. The van der Waals surface area contributed by atoms with Crippen LogP contribution < -0.4 is 20.3 Å².